The molecule has 0 radical (unpaired) electrons. The molecule has 1 N–H and O–H groups in total. The van der Waals surface area contributed by atoms with Crippen molar-refractivity contribution < 1.29 is 13.2 Å². The van der Waals surface area contributed by atoms with Crippen LogP contribution < -0.4 is 5.32 Å². The number of nitrogens with zero attached hydrogens (tertiary/aromatic N) is 2. The van der Waals surface area contributed by atoms with Crippen molar-refractivity contribution in [2.45, 2.75) is 45.8 Å². The summed E-state index contributed by atoms with van der Waals surface area (Å²) in [6, 6.07) is 6.94. The Bertz CT molecular complexity index is 664. The third-order valence-electron chi connectivity index (χ3n) is 3.69. The van der Waals surface area contributed by atoms with E-state index in [0.717, 1.165) is 29.0 Å². The van der Waals surface area contributed by atoms with Crippen molar-refractivity contribution in [3.63, 3.8) is 0 Å². The van der Waals surface area contributed by atoms with Gasteiger partial charge in [0.05, 0.1) is 17.3 Å². The highest BCUT2D eigenvalue weighted by Crippen LogP contribution is 2.30. The predicted molar refractivity (Wildman–Crippen MR) is 84.3 cm³/mol. The molecule has 6 heteroatoms. The fraction of sp³-hybridized carbons (Fsp3) is 0.412. The maximum atomic E-state index is 12.6. The number of anilines is 1. The van der Waals surface area contributed by atoms with Gasteiger partial charge in [-0.3, -0.25) is 0 Å². The standard InChI is InChI=1S/C17H20F3N3/c1-10(2)15-9-11(3)16(23-22-15)21-12(4)13-5-7-14(8-6-13)17(18,19)20/h5-10,12H,1-4H3,(H,21,23)/t12-/m0/s1. The molecule has 0 spiro atoms. The summed E-state index contributed by atoms with van der Waals surface area (Å²) in [5.74, 6) is 0.935. The van der Waals surface area contributed by atoms with Crippen molar-refractivity contribution in [3.8, 4) is 0 Å². The quantitative estimate of drug-likeness (QED) is 0.850. The second-order valence-corrected chi connectivity index (χ2v) is 5.94. The molecule has 0 unspecified atom stereocenters. The lowest BCUT2D eigenvalue weighted by Crippen LogP contribution is -2.12. The Morgan fingerprint density at radius 1 is 1.00 bits per heavy atom. The van der Waals surface area contributed by atoms with Crippen LogP contribution >= 0.6 is 0 Å². The van der Waals surface area contributed by atoms with E-state index >= 15 is 0 Å². The molecule has 1 aromatic carbocycles. The number of aryl methyl sites for hydroxylation is 1. The van der Waals surface area contributed by atoms with Gasteiger partial charge in [-0.25, -0.2) is 0 Å². The summed E-state index contributed by atoms with van der Waals surface area (Å²) in [5.41, 5.74) is 1.98. The van der Waals surface area contributed by atoms with Crippen molar-refractivity contribution in [2.24, 2.45) is 0 Å². The van der Waals surface area contributed by atoms with Crippen LogP contribution in [0, 0.1) is 6.92 Å². The number of alkyl halides is 3. The highest BCUT2D eigenvalue weighted by atomic mass is 19.4. The van der Waals surface area contributed by atoms with Crippen LogP contribution in [-0.2, 0) is 6.18 Å². The molecule has 0 fully saturated rings. The van der Waals surface area contributed by atoms with E-state index in [-0.39, 0.29) is 6.04 Å². The summed E-state index contributed by atoms with van der Waals surface area (Å²) in [4.78, 5) is 0. The minimum Gasteiger partial charge on any atom is -0.362 e. The average molecular weight is 323 g/mol. The number of halogens is 3. The Morgan fingerprint density at radius 3 is 2.09 bits per heavy atom. The van der Waals surface area contributed by atoms with Crippen LogP contribution in [0.15, 0.2) is 30.3 Å². The lowest BCUT2D eigenvalue weighted by molar-refractivity contribution is -0.137. The smallest absolute Gasteiger partial charge is 0.362 e. The summed E-state index contributed by atoms with van der Waals surface area (Å²) in [5, 5.41) is 11.5. The molecule has 1 heterocycles. The van der Waals surface area contributed by atoms with Gasteiger partial charge in [-0.2, -0.15) is 18.3 Å². The molecule has 0 amide bonds. The summed E-state index contributed by atoms with van der Waals surface area (Å²) >= 11 is 0. The number of hydrogen-bond donors (Lipinski definition) is 1. The van der Waals surface area contributed by atoms with Gasteiger partial charge in [0.1, 0.15) is 0 Å². The van der Waals surface area contributed by atoms with Crippen molar-refractivity contribution >= 4 is 5.82 Å². The first kappa shape index (κ1) is 17.2. The fourth-order valence-electron chi connectivity index (χ4n) is 2.18. The van der Waals surface area contributed by atoms with Gasteiger partial charge in [0.15, 0.2) is 5.82 Å². The van der Waals surface area contributed by atoms with Crippen molar-refractivity contribution in [3.05, 3.63) is 52.7 Å². The monoisotopic (exact) mass is 323 g/mol. The number of rotatable bonds is 4. The topological polar surface area (TPSA) is 37.8 Å². The van der Waals surface area contributed by atoms with Gasteiger partial charge in [0, 0.05) is 0 Å². The average Bonchev–Trinajstić information content (AvgIpc) is 2.48. The largest absolute Gasteiger partial charge is 0.416 e. The van der Waals surface area contributed by atoms with Crippen LogP contribution in [0.2, 0.25) is 0 Å². The first-order chi connectivity index (χ1) is 10.7. The molecule has 3 nitrogen and oxygen atoms in total. The van der Waals surface area contributed by atoms with Gasteiger partial charge in [0.2, 0.25) is 0 Å². The number of benzene rings is 1. The highest BCUT2D eigenvalue weighted by molar-refractivity contribution is 5.45. The number of aromatic nitrogens is 2. The van der Waals surface area contributed by atoms with Gasteiger partial charge in [0.25, 0.3) is 0 Å². The Kier molecular flexibility index (Phi) is 4.92. The van der Waals surface area contributed by atoms with Crippen molar-refractivity contribution in [1.82, 2.24) is 10.2 Å². The molecule has 0 aliphatic heterocycles. The lowest BCUT2D eigenvalue weighted by Gasteiger charge is -2.17. The molecule has 0 saturated carbocycles. The van der Waals surface area contributed by atoms with E-state index in [1.54, 1.807) is 0 Å². The van der Waals surface area contributed by atoms with Gasteiger partial charge >= 0.3 is 6.18 Å². The molecule has 0 aliphatic rings. The normalized spacial score (nSPS) is 13.2. The number of hydrogen-bond acceptors (Lipinski definition) is 3. The summed E-state index contributed by atoms with van der Waals surface area (Å²) < 4.78 is 37.8. The van der Waals surface area contributed by atoms with Crippen LogP contribution in [0.1, 0.15) is 55.1 Å². The van der Waals surface area contributed by atoms with Crippen LogP contribution in [0.25, 0.3) is 0 Å². The van der Waals surface area contributed by atoms with E-state index in [1.165, 1.54) is 12.1 Å². The first-order valence-electron chi connectivity index (χ1n) is 7.46. The van der Waals surface area contributed by atoms with Crippen LogP contribution in [0.5, 0.6) is 0 Å². The molecule has 124 valence electrons. The maximum absolute atomic E-state index is 12.6. The third-order valence-corrected chi connectivity index (χ3v) is 3.69. The van der Waals surface area contributed by atoms with Crippen molar-refractivity contribution in [2.75, 3.05) is 5.32 Å². The molecule has 0 bridgehead atoms. The summed E-state index contributed by atoms with van der Waals surface area (Å²) in [6.07, 6.45) is -4.32. The fourth-order valence-corrected chi connectivity index (χ4v) is 2.18. The Morgan fingerprint density at radius 2 is 1.61 bits per heavy atom. The Hall–Kier alpha value is -2.11. The molecular weight excluding hydrogens is 303 g/mol. The van der Waals surface area contributed by atoms with Gasteiger partial charge in [-0.05, 0) is 49.1 Å². The van der Waals surface area contributed by atoms with Gasteiger partial charge in [-0.15, -0.1) is 5.10 Å². The zero-order valence-corrected chi connectivity index (χ0v) is 13.6. The molecular formula is C17H20F3N3. The predicted octanol–water partition coefficient (Wildman–Crippen LogP) is 5.10. The summed E-state index contributed by atoms with van der Waals surface area (Å²) in [6.45, 7) is 7.89. The van der Waals surface area contributed by atoms with Gasteiger partial charge < -0.3 is 5.32 Å². The van der Waals surface area contributed by atoms with E-state index < -0.39 is 11.7 Å². The van der Waals surface area contributed by atoms with Crippen molar-refractivity contribution in [1.29, 1.82) is 0 Å². The van der Waals surface area contributed by atoms with Crippen LogP contribution in [0.4, 0.5) is 19.0 Å². The molecule has 0 saturated heterocycles. The Balaban J connectivity index is 2.14. The lowest BCUT2D eigenvalue weighted by atomic mass is 10.1. The molecule has 2 rings (SSSR count). The minimum absolute atomic E-state index is 0.171. The van der Waals surface area contributed by atoms with E-state index in [9.17, 15) is 13.2 Å². The van der Waals surface area contributed by atoms with Crippen LogP contribution in [0.3, 0.4) is 0 Å². The van der Waals surface area contributed by atoms with E-state index in [2.05, 4.69) is 15.5 Å². The summed E-state index contributed by atoms with van der Waals surface area (Å²) in [7, 11) is 0. The Labute approximate surface area is 133 Å². The van der Waals surface area contributed by atoms with E-state index in [4.69, 9.17) is 0 Å². The molecule has 1 atom stereocenters. The third kappa shape index (κ3) is 4.21. The maximum Gasteiger partial charge on any atom is 0.416 e. The van der Waals surface area contributed by atoms with E-state index in [0.29, 0.717) is 11.7 Å². The SMILES string of the molecule is Cc1cc(C(C)C)nnc1N[C@@H](C)c1ccc(C(F)(F)F)cc1. The second-order valence-electron chi connectivity index (χ2n) is 5.94. The molecule has 0 aliphatic carbocycles. The van der Waals surface area contributed by atoms with Crippen LogP contribution in [-0.4, -0.2) is 10.2 Å². The first-order valence-corrected chi connectivity index (χ1v) is 7.46. The second kappa shape index (κ2) is 6.56. The molecule has 23 heavy (non-hydrogen) atoms. The zero-order chi connectivity index (χ0) is 17.2. The minimum atomic E-state index is -4.32. The molecule has 1 aromatic heterocycles. The van der Waals surface area contributed by atoms with E-state index in [1.807, 2.05) is 33.8 Å². The zero-order valence-electron chi connectivity index (χ0n) is 13.6. The van der Waals surface area contributed by atoms with Gasteiger partial charge in [-0.1, -0.05) is 26.0 Å². The highest BCUT2D eigenvalue weighted by Gasteiger charge is 2.30. The molecule has 2 aromatic rings. The number of nitrogens with one attached hydrogen (secondary N) is 1.